The lowest BCUT2D eigenvalue weighted by Crippen LogP contribution is -2.26. The van der Waals surface area contributed by atoms with Crippen molar-refractivity contribution in [2.24, 2.45) is 16.7 Å². The van der Waals surface area contributed by atoms with E-state index in [-0.39, 0.29) is 22.8 Å². The van der Waals surface area contributed by atoms with Crippen LogP contribution in [0.5, 0.6) is 11.5 Å². The van der Waals surface area contributed by atoms with Gasteiger partial charge in [-0.05, 0) is 56.6 Å². The van der Waals surface area contributed by atoms with Gasteiger partial charge in [0.25, 0.3) is 0 Å². The summed E-state index contributed by atoms with van der Waals surface area (Å²) < 4.78 is 67.3. The van der Waals surface area contributed by atoms with Gasteiger partial charge in [-0.1, -0.05) is 18.6 Å². The number of hydrogen-bond donors (Lipinski definition) is 0. The van der Waals surface area contributed by atoms with Crippen LogP contribution in [0.3, 0.4) is 0 Å². The van der Waals surface area contributed by atoms with Crippen LogP contribution < -0.4 is 4.74 Å². The zero-order valence-electron chi connectivity index (χ0n) is 16.7. The Kier molecular flexibility index (Phi) is 3.87. The molecule has 3 saturated carbocycles. The quantitative estimate of drug-likeness (QED) is 0.346. The van der Waals surface area contributed by atoms with Crippen LogP contribution in [0.25, 0.3) is 0 Å². The third-order valence-corrected chi connectivity index (χ3v) is 7.40. The van der Waals surface area contributed by atoms with Crippen molar-refractivity contribution in [3.05, 3.63) is 58.2 Å². The van der Waals surface area contributed by atoms with Gasteiger partial charge in [-0.15, -0.1) is 0 Å². The summed E-state index contributed by atoms with van der Waals surface area (Å²) >= 11 is 0. The molecule has 158 valence electrons. The van der Waals surface area contributed by atoms with Crippen molar-refractivity contribution in [2.75, 3.05) is 0 Å². The first-order chi connectivity index (χ1) is 14.1. The van der Waals surface area contributed by atoms with Crippen molar-refractivity contribution in [2.45, 2.75) is 46.1 Å². The van der Waals surface area contributed by atoms with Gasteiger partial charge < -0.3 is 9.47 Å². The van der Waals surface area contributed by atoms with Gasteiger partial charge in [0, 0.05) is 11.0 Å². The highest BCUT2D eigenvalue weighted by Crippen LogP contribution is 2.89. The van der Waals surface area contributed by atoms with Gasteiger partial charge in [0.05, 0.1) is 0 Å². The monoisotopic (exact) mass is 420 g/mol. The van der Waals surface area contributed by atoms with Gasteiger partial charge in [-0.3, -0.25) is 0 Å². The predicted molar refractivity (Wildman–Crippen MR) is 99.3 cm³/mol. The highest BCUT2D eigenvalue weighted by atomic mass is 19.2. The van der Waals surface area contributed by atoms with Crippen molar-refractivity contribution in [3.8, 4) is 11.5 Å². The van der Waals surface area contributed by atoms with Crippen LogP contribution >= 0.6 is 0 Å². The summed E-state index contributed by atoms with van der Waals surface area (Å²) in [5, 5.41) is 0. The fourth-order valence-corrected chi connectivity index (χ4v) is 5.35. The molecule has 7 heteroatoms. The Morgan fingerprint density at radius 3 is 2.30 bits per heavy atom. The Labute approximate surface area is 171 Å². The fraction of sp³-hybridized carbons (Fsp3) is 0.435. The molecule has 30 heavy (non-hydrogen) atoms. The molecule has 1 spiro atoms. The van der Waals surface area contributed by atoms with E-state index in [1.54, 1.807) is 13.0 Å². The zero-order valence-corrected chi connectivity index (χ0v) is 16.7. The summed E-state index contributed by atoms with van der Waals surface area (Å²) in [5.74, 6) is -7.96. The summed E-state index contributed by atoms with van der Waals surface area (Å²) in [5.41, 5.74) is 0.174. The summed E-state index contributed by atoms with van der Waals surface area (Å²) in [4.78, 5) is 12.9. The Bertz CT molecular complexity index is 1090. The zero-order chi connectivity index (χ0) is 21.6. The third-order valence-electron chi connectivity index (χ3n) is 7.40. The molecule has 3 nitrogen and oxygen atoms in total. The van der Waals surface area contributed by atoms with Crippen LogP contribution in [0.1, 0.15) is 47.7 Å². The summed E-state index contributed by atoms with van der Waals surface area (Å²) in [6.45, 7) is 4.77. The number of esters is 1. The molecule has 0 amide bonds. The molecular formula is C23H20F4O3. The third kappa shape index (κ3) is 2.47. The maximum absolute atomic E-state index is 14.3. The Balaban J connectivity index is 1.46. The van der Waals surface area contributed by atoms with Gasteiger partial charge in [-0.25, -0.2) is 13.6 Å². The van der Waals surface area contributed by atoms with Crippen LogP contribution in [0.15, 0.2) is 18.2 Å². The Morgan fingerprint density at radius 2 is 1.73 bits per heavy atom. The van der Waals surface area contributed by atoms with E-state index in [9.17, 15) is 22.4 Å². The molecule has 3 fully saturated rings. The van der Waals surface area contributed by atoms with E-state index < -0.39 is 40.6 Å². The number of benzene rings is 2. The maximum atomic E-state index is 14.3. The molecule has 3 aliphatic rings. The van der Waals surface area contributed by atoms with Crippen molar-refractivity contribution in [1.82, 2.24) is 0 Å². The second-order valence-corrected chi connectivity index (χ2v) is 9.09. The van der Waals surface area contributed by atoms with Gasteiger partial charge in [0.1, 0.15) is 17.4 Å². The lowest BCUT2D eigenvalue weighted by atomic mass is 9.99. The fourth-order valence-electron chi connectivity index (χ4n) is 5.35. The number of ether oxygens (including phenoxy) is 2. The minimum Gasteiger partial charge on any atom is -0.458 e. The Morgan fingerprint density at radius 1 is 1.07 bits per heavy atom. The van der Waals surface area contributed by atoms with Crippen LogP contribution in [-0.2, 0) is 4.74 Å². The molecule has 0 bridgehead atoms. The largest absolute Gasteiger partial charge is 0.458 e. The molecule has 0 aromatic heterocycles. The number of hydrogen-bond acceptors (Lipinski definition) is 3. The first-order valence-corrected chi connectivity index (χ1v) is 9.91. The lowest BCUT2D eigenvalue weighted by molar-refractivity contribution is 0.0110. The Hall–Kier alpha value is -2.57. The lowest BCUT2D eigenvalue weighted by Gasteiger charge is -2.22. The van der Waals surface area contributed by atoms with Crippen LogP contribution in [-0.4, -0.2) is 12.1 Å². The van der Waals surface area contributed by atoms with E-state index in [1.807, 2.05) is 0 Å². The number of halogens is 4. The molecule has 0 heterocycles. The van der Waals surface area contributed by atoms with E-state index in [0.29, 0.717) is 16.9 Å². The number of carbonyl (C=O) groups excluding carboxylic acids is 1. The molecular weight excluding hydrogens is 400 g/mol. The second-order valence-electron chi connectivity index (χ2n) is 9.09. The van der Waals surface area contributed by atoms with Gasteiger partial charge in [-0.2, -0.15) is 8.78 Å². The van der Waals surface area contributed by atoms with E-state index in [4.69, 9.17) is 9.47 Å². The first kappa shape index (κ1) is 19.4. The molecule has 5 rings (SSSR count). The second kappa shape index (κ2) is 5.99. The van der Waals surface area contributed by atoms with Gasteiger partial charge >= 0.3 is 5.97 Å². The van der Waals surface area contributed by atoms with Crippen molar-refractivity contribution < 1.29 is 31.8 Å². The molecule has 0 radical (unpaired) electrons. The van der Waals surface area contributed by atoms with E-state index in [1.165, 1.54) is 18.6 Å². The van der Waals surface area contributed by atoms with E-state index >= 15 is 0 Å². The van der Waals surface area contributed by atoms with E-state index in [2.05, 4.69) is 6.92 Å². The van der Waals surface area contributed by atoms with Gasteiger partial charge in [0.15, 0.2) is 11.6 Å². The molecule has 2 aromatic carbocycles. The summed E-state index contributed by atoms with van der Waals surface area (Å²) in [7, 11) is 0. The highest BCUT2D eigenvalue weighted by molar-refractivity contribution is 5.93. The number of carbonyl (C=O) groups is 1. The van der Waals surface area contributed by atoms with Crippen molar-refractivity contribution in [1.29, 1.82) is 0 Å². The summed E-state index contributed by atoms with van der Waals surface area (Å²) in [6.07, 6.45) is 2.80. The van der Waals surface area contributed by atoms with Gasteiger partial charge in [0.2, 0.25) is 17.4 Å². The predicted octanol–water partition coefficient (Wildman–Crippen LogP) is 6.00. The molecule has 3 aliphatic carbocycles. The normalized spacial score (nSPS) is 30.5. The molecule has 4 atom stereocenters. The maximum Gasteiger partial charge on any atom is 0.342 e. The van der Waals surface area contributed by atoms with Crippen LogP contribution in [0, 0.1) is 53.9 Å². The standard InChI is InChI=1S/C23H20F4O3/c1-10-4-5-14(29-20-18(26)16(24)11(2)17(25)19(20)27)13(6-10)21(28)30-15-7-12-8-23(12)9-22(15,23)3/h4-6,12,15H,7-9H2,1-3H3/t12?,15-,22?,23?/m1/s1. The average Bonchev–Trinajstić information content (AvgIpc) is 3.56. The van der Waals surface area contributed by atoms with Crippen LogP contribution in [0.2, 0.25) is 0 Å². The average molecular weight is 420 g/mol. The van der Waals surface area contributed by atoms with Crippen LogP contribution in [0.4, 0.5) is 17.6 Å². The highest BCUT2D eigenvalue weighted by Gasteiger charge is 2.85. The van der Waals surface area contributed by atoms with Crippen molar-refractivity contribution >= 4 is 5.97 Å². The molecule has 2 aromatic rings. The first-order valence-electron chi connectivity index (χ1n) is 9.91. The van der Waals surface area contributed by atoms with Crippen molar-refractivity contribution in [3.63, 3.8) is 0 Å². The smallest absolute Gasteiger partial charge is 0.342 e. The summed E-state index contributed by atoms with van der Waals surface area (Å²) in [6, 6.07) is 4.35. The molecule has 0 N–H and O–H groups in total. The molecule has 0 aliphatic heterocycles. The minimum absolute atomic E-state index is 0.0143. The molecule has 3 unspecified atom stereocenters. The SMILES string of the molecule is Cc1ccc(Oc2c(F)c(F)c(C)c(F)c2F)c(C(=O)O[C@@H]2CC3CC34CC24C)c1. The topological polar surface area (TPSA) is 35.5 Å². The van der Waals surface area contributed by atoms with E-state index in [0.717, 1.165) is 19.8 Å². The molecule has 0 saturated heterocycles. The number of aryl methyl sites for hydroxylation is 1. The number of rotatable bonds is 4. The minimum atomic E-state index is -1.66.